The summed E-state index contributed by atoms with van der Waals surface area (Å²) in [4.78, 5) is 72.6. The predicted molar refractivity (Wildman–Crippen MR) is 395 cm³/mol. The maximum absolute atomic E-state index is 13.1. The van der Waals surface area contributed by atoms with Gasteiger partial charge in [-0.1, -0.05) is 362 Å². The van der Waals surface area contributed by atoms with Crippen LogP contribution in [0, 0.1) is 5.92 Å². The zero-order valence-electron chi connectivity index (χ0n) is 63.2. The highest BCUT2D eigenvalue weighted by Crippen LogP contribution is 2.45. The van der Waals surface area contributed by atoms with E-state index in [1.807, 2.05) is 0 Å². The van der Waals surface area contributed by atoms with E-state index in [-0.39, 0.29) is 25.7 Å². The summed E-state index contributed by atoms with van der Waals surface area (Å²) in [6.45, 7) is 7.27. The lowest BCUT2D eigenvalue weighted by Gasteiger charge is -2.21. The van der Waals surface area contributed by atoms with Crippen molar-refractivity contribution in [2.24, 2.45) is 5.92 Å². The molecule has 0 heterocycles. The van der Waals surface area contributed by atoms with Crippen molar-refractivity contribution in [2.75, 3.05) is 39.6 Å². The molecule has 0 aromatic carbocycles. The van der Waals surface area contributed by atoms with E-state index in [1.165, 1.54) is 225 Å². The van der Waals surface area contributed by atoms with E-state index >= 15 is 0 Å². The lowest BCUT2D eigenvalue weighted by molar-refractivity contribution is -0.161. The van der Waals surface area contributed by atoms with E-state index in [9.17, 15) is 43.2 Å². The fourth-order valence-electron chi connectivity index (χ4n) is 12.1. The normalized spacial score (nSPS) is 13.9. The number of hydrogen-bond acceptors (Lipinski definition) is 15. The average molecular weight is 1420 g/mol. The number of aliphatic hydroxyl groups excluding tert-OH is 1. The van der Waals surface area contributed by atoms with Crippen LogP contribution in [0.1, 0.15) is 413 Å². The maximum atomic E-state index is 13.1. The van der Waals surface area contributed by atoms with Gasteiger partial charge in [0.15, 0.2) is 12.2 Å². The summed E-state index contributed by atoms with van der Waals surface area (Å²) in [6, 6.07) is 0. The second-order valence-corrected chi connectivity index (χ2v) is 31.5. The highest BCUT2D eigenvalue weighted by Gasteiger charge is 2.30. The summed E-state index contributed by atoms with van der Waals surface area (Å²) in [5, 5.41) is 10.6. The van der Waals surface area contributed by atoms with Crippen LogP contribution in [0.25, 0.3) is 0 Å². The van der Waals surface area contributed by atoms with Crippen molar-refractivity contribution in [1.29, 1.82) is 0 Å². The van der Waals surface area contributed by atoms with E-state index in [0.29, 0.717) is 25.7 Å². The second-order valence-electron chi connectivity index (χ2n) is 28.6. The molecule has 0 aliphatic heterocycles. The summed E-state index contributed by atoms with van der Waals surface area (Å²) in [7, 11) is -9.90. The van der Waals surface area contributed by atoms with E-state index in [4.69, 9.17) is 37.0 Å². The first-order chi connectivity index (χ1) is 47.0. The van der Waals surface area contributed by atoms with Gasteiger partial charge in [0.2, 0.25) is 0 Å². The van der Waals surface area contributed by atoms with Crippen LogP contribution < -0.4 is 0 Å². The minimum Gasteiger partial charge on any atom is -0.462 e. The van der Waals surface area contributed by atoms with Crippen LogP contribution in [0.4, 0.5) is 0 Å². The van der Waals surface area contributed by atoms with Gasteiger partial charge in [-0.25, -0.2) is 9.13 Å². The van der Waals surface area contributed by atoms with Crippen LogP contribution in [0.2, 0.25) is 0 Å². The quantitative estimate of drug-likeness (QED) is 0.0222. The minimum atomic E-state index is -4.96. The molecule has 0 rings (SSSR count). The first-order valence-electron chi connectivity index (χ1n) is 40.6. The van der Waals surface area contributed by atoms with Crippen molar-refractivity contribution < 1.29 is 80.2 Å². The monoisotopic (exact) mass is 1420 g/mol. The Morgan fingerprint density at radius 3 is 0.701 bits per heavy atom. The molecule has 0 spiro atoms. The van der Waals surface area contributed by atoms with Gasteiger partial charge < -0.3 is 33.8 Å². The predicted octanol–water partition coefficient (Wildman–Crippen LogP) is 23.3. The van der Waals surface area contributed by atoms with Crippen LogP contribution in [0.5, 0.6) is 0 Å². The molecule has 0 bridgehead atoms. The third-order valence-corrected chi connectivity index (χ3v) is 20.2. The molecule has 5 atom stereocenters. The van der Waals surface area contributed by atoms with Gasteiger partial charge in [-0.2, -0.15) is 0 Å². The standard InChI is InChI=1S/C78H152O17P2/c1-6-9-12-15-18-21-22-23-24-25-26-27-28-29-30-35-38-41-44-49-54-59-64-78(83)95-74(68-89-76(81)62-57-52-48-43-40-37-34-32-31-33-36-39-42-45-50-55-60-71(4)5)70-93-97(86,87)91-66-72(79)65-90-96(84,85)92-69-73(94-77(82)63-58-53-47-20-17-14-11-8-3)67-88-75(80)61-56-51-46-19-16-13-10-7-2/h71-74,79H,6-70H2,1-5H3,(H,84,85)(H,86,87)/t72-,73+,74+/m0/s1. The van der Waals surface area contributed by atoms with Crippen LogP contribution in [-0.2, 0) is 65.4 Å². The molecule has 0 aromatic rings. The molecule has 0 fully saturated rings. The SMILES string of the molecule is CCCCCCCCCCCCCCCCCCCCCCCCC(=O)O[C@H](COC(=O)CCCCCCCCCCCCCCCCCCC(C)C)COP(=O)(O)OC[C@@H](O)COP(=O)(O)OC[C@@H](COC(=O)CCCCCCCCCC)OC(=O)CCCCCCCCCC. The number of phosphoric ester groups is 2. The summed E-state index contributed by atoms with van der Waals surface area (Å²) in [6.07, 6.45) is 61.5. The molecule has 0 aliphatic rings. The molecule has 0 saturated heterocycles. The molecule has 0 aromatic heterocycles. The van der Waals surface area contributed by atoms with E-state index in [1.54, 1.807) is 0 Å². The molecule has 0 aliphatic carbocycles. The third kappa shape index (κ3) is 72.2. The Balaban J connectivity index is 5.12. The highest BCUT2D eigenvalue weighted by molar-refractivity contribution is 7.47. The van der Waals surface area contributed by atoms with Crippen molar-refractivity contribution in [3.63, 3.8) is 0 Å². The number of esters is 4. The molecule has 19 heteroatoms. The first-order valence-corrected chi connectivity index (χ1v) is 43.6. The summed E-state index contributed by atoms with van der Waals surface area (Å²) < 4.78 is 68.4. The molecule has 576 valence electrons. The number of phosphoric acid groups is 2. The van der Waals surface area contributed by atoms with Gasteiger partial charge in [-0.3, -0.25) is 37.3 Å². The van der Waals surface area contributed by atoms with Gasteiger partial charge in [-0.15, -0.1) is 0 Å². The largest absolute Gasteiger partial charge is 0.472 e. The summed E-state index contributed by atoms with van der Waals surface area (Å²) in [5.41, 5.74) is 0. The molecule has 97 heavy (non-hydrogen) atoms. The minimum absolute atomic E-state index is 0.105. The number of rotatable bonds is 78. The Kier molecular flexibility index (Phi) is 69.6. The molecule has 17 nitrogen and oxygen atoms in total. The fourth-order valence-corrected chi connectivity index (χ4v) is 13.6. The Morgan fingerprint density at radius 2 is 0.474 bits per heavy atom. The Morgan fingerprint density at radius 1 is 0.278 bits per heavy atom. The average Bonchev–Trinajstić information content (AvgIpc) is 1.55. The van der Waals surface area contributed by atoms with Gasteiger partial charge in [0, 0.05) is 25.7 Å². The number of hydrogen-bond donors (Lipinski definition) is 3. The highest BCUT2D eigenvalue weighted by atomic mass is 31.2. The van der Waals surface area contributed by atoms with Crippen molar-refractivity contribution in [3.05, 3.63) is 0 Å². The molecule has 0 amide bonds. The van der Waals surface area contributed by atoms with Crippen molar-refractivity contribution >= 4 is 39.5 Å². The number of ether oxygens (including phenoxy) is 4. The smallest absolute Gasteiger partial charge is 0.462 e. The lowest BCUT2D eigenvalue weighted by Crippen LogP contribution is -2.30. The van der Waals surface area contributed by atoms with Gasteiger partial charge in [-0.05, 0) is 31.6 Å². The summed E-state index contributed by atoms with van der Waals surface area (Å²) >= 11 is 0. The van der Waals surface area contributed by atoms with Gasteiger partial charge >= 0.3 is 39.5 Å². The Bertz CT molecular complexity index is 1860. The molecular weight excluding hydrogens is 1270 g/mol. The Labute approximate surface area is 594 Å². The third-order valence-electron chi connectivity index (χ3n) is 18.3. The lowest BCUT2D eigenvalue weighted by atomic mass is 10.0. The number of carbonyl (C=O) groups excluding carboxylic acids is 4. The molecule has 0 saturated carbocycles. The second kappa shape index (κ2) is 71.1. The van der Waals surface area contributed by atoms with E-state index < -0.39 is 97.5 Å². The zero-order valence-corrected chi connectivity index (χ0v) is 65.0. The van der Waals surface area contributed by atoms with Crippen LogP contribution in [0.15, 0.2) is 0 Å². The zero-order chi connectivity index (χ0) is 71.2. The molecule has 0 radical (unpaired) electrons. The van der Waals surface area contributed by atoms with Crippen molar-refractivity contribution in [2.45, 2.75) is 432 Å². The van der Waals surface area contributed by atoms with Crippen LogP contribution in [0.3, 0.4) is 0 Å². The Hall–Kier alpha value is -1.94. The van der Waals surface area contributed by atoms with E-state index in [0.717, 1.165) is 109 Å². The molecular formula is C78H152O17P2. The van der Waals surface area contributed by atoms with Crippen LogP contribution in [-0.4, -0.2) is 96.7 Å². The van der Waals surface area contributed by atoms with Crippen LogP contribution >= 0.6 is 15.6 Å². The molecule has 3 N–H and O–H groups in total. The van der Waals surface area contributed by atoms with Gasteiger partial charge in [0.25, 0.3) is 0 Å². The molecule has 2 unspecified atom stereocenters. The fraction of sp³-hybridized carbons (Fsp3) is 0.949. The number of carbonyl (C=O) groups is 4. The van der Waals surface area contributed by atoms with Crippen molar-refractivity contribution in [3.8, 4) is 0 Å². The first kappa shape index (κ1) is 95.1. The number of aliphatic hydroxyl groups is 1. The summed E-state index contributed by atoms with van der Waals surface area (Å²) in [5.74, 6) is -1.31. The number of unbranched alkanes of at least 4 members (excludes halogenated alkanes) is 50. The van der Waals surface area contributed by atoms with Gasteiger partial charge in [0.05, 0.1) is 26.4 Å². The van der Waals surface area contributed by atoms with Crippen molar-refractivity contribution in [1.82, 2.24) is 0 Å². The van der Waals surface area contributed by atoms with Gasteiger partial charge in [0.1, 0.15) is 19.3 Å². The maximum Gasteiger partial charge on any atom is 0.472 e. The van der Waals surface area contributed by atoms with E-state index in [2.05, 4.69) is 34.6 Å². The topological polar surface area (TPSA) is 237 Å².